The zero-order valence-corrected chi connectivity index (χ0v) is 43.2. The van der Waals surface area contributed by atoms with Crippen molar-refractivity contribution in [2.75, 3.05) is 13.7 Å². The summed E-state index contributed by atoms with van der Waals surface area (Å²) in [6.45, 7) is 23.2. The van der Waals surface area contributed by atoms with E-state index in [4.69, 9.17) is 9.47 Å². The van der Waals surface area contributed by atoms with Crippen molar-refractivity contribution in [2.45, 2.75) is 330 Å². The Morgan fingerprint density at radius 2 is 0.833 bits per heavy atom. The molecular formula is C55H112N2O3. The number of hydrogen-bond acceptors (Lipinski definition) is 3. The number of amides is 2. The maximum absolute atomic E-state index is 13.8. The van der Waals surface area contributed by atoms with Crippen LogP contribution in [0.3, 0.4) is 0 Å². The van der Waals surface area contributed by atoms with Gasteiger partial charge >= 0.3 is 6.03 Å². The molecule has 0 aromatic carbocycles. The second-order valence-corrected chi connectivity index (χ2v) is 21.6. The molecule has 360 valence electrons. The van der Waals surface area contributed by atoms with Gasteiger partial charge in [-0.25, -0.2) is 4.79 Å². The molecule has 0 saturated carbocycles. The Balaban J connectivity index is 4.90. The predicted octanol–water partition coefficient (Wildman–Crippen LogP) is 18.2. The Morgan fingerprint density at radius 1 is 0.483 bits per heavy atom. The third-order valence-corrected chi connectivity index (χ3v) is 14.0. The van der Waals surface area contributed by atoms with Crippen molar-refractivity contribution in [3.8, 4) is 0 Å². The lowest BCUT2D eigenvalue weighted by molar-refractivity contribution is -0.0880. The van der Waals surface area contributed by atoms with Gasteiger partial charge in [0.15, 0.2) is 0 Å². The van der Waals surface area contributed by atoms with Crippen molar-refractivity contribution in [1.82, 2.24) is 10.6 Å². The van der Waals surface area contributed by atoms with Gasteiger partial charge in [-0.3, -0.25) is 0 Å². The van der Waals surface area contributed by atoms with E-state index in [9.17, 15) is 4.79 Å². The van der Waals surface area contributed by atoms with Crippen LogP contribution in [0.15, 0.2) is 0 Å². The van der Waals surface area contributed by atoms with Crippen LogP contribution in [0, 0.1) is 5.41 Å². The fourth-order valence-corrected chi connectivity index (χ4v) is 9.62. The number of urea groups is 1. The van der Waals surface area contributed by atoms with Gasteiger partial charge in [0.05, 0.1) is 17.8 Å². The van der Waals surface area contributed by atoms with E-state index in [0.717, 1.165) is 44.9 Å². The lowest BCUT2D eigenvalue weighted by atomic mass is 9.71. The average molecular weight is 850 g/mol. The minimum atomic E-state index is -0.284. The van der Waals surface area contributed by atoms with E-state index in [2.05, 4.69) is 79.9 Å². The van der Waals surface area contributed by atoms with Gasteiger partial charge in [-0.15, -0.1) is 0 Å². The number of carbonyl (C=O) groups is 1. The van der Waals surface area contributed by atoms with Gasteiger partial charge in [-0.1, -0.05) is 234 Å². The zero-order chi connectivity index (χ0) is 44.9. The van der Waals surface area contributed by atoms with Crippen molar-refractivity contribution in [3.63, 3.8) is 0 Å². The van der Waals surface area contributed by atoms with Crippen LogP contribution in [0.4, 0.5) is 4.79 Å². The van der Waals surface area contributed by atoms with E-state index in [1.807, 2.05) is 0 Å². The van der Waals surface area contributed by atoms with Crippen LogP contribution in [0.25, 0.3) is 0 Å². The minimum absolute atomic E-state index is 0.000741. The maximum Gasteiger partial charge on any atom is 0.315 e. The van der Waals surface area contributed by atoms with E-state index in [0.29, 0.717) is 6.61 Å². The summed E-state index contributed by atoms with van der Waals surface area (Å²) in [5.41, 5.74) is -0.677. The molecule has 0 radical (unpaired) electrons. The molecule has 2 atom stereocenters. The van der Waals surface area contributed by atoms with Crippen LogP contribution >= 0.6 is 0 Å². The molecule has 2 amide bonds. The van der Waals surface area contributed by atoms with E-state index in [-0.39, 0.29) is 34.2 Å². The molecule has 0 saturated heterocycles. The van der Waals surface area contributed by atoms with Crippen molar-refractivity contribution >= 4 is 6.03 Å². The number of methoxy groups -OCH3 is 1. The van der Waals surface area contributed by atoms with Crippen LogP contribution < -0.4 is 10.6 Å². The molecular weight excluding hydrogens is 737 g/mol. The summed E-state index contributed by atoms with van der Waals surface area (Å²) in [7, 11) is 1.78. The third-order valence-electron chi connectivity index (χ3n) is 14.0. The smallest absolute Gasteiger partial charge is 0.315 e. The number of ether oxygens (including phenoxy) is 2. The Hall–Kier alpha value is -0.810. The number of hydrogen-bond donors (Lipinski definition) is 2. The van der Waals surface area contributed by atoms with Crippen molar-refractivity contribution in [1.29, 1.82) is 0 Å². The van der Waals surface area contributed by atoms with Crippen molar-refractivity contribution < 1.29 is 14.3 Å². The summed E-state index contributed by atoms with van der Waals surface area (Å²) in [4.78, 5) is 13.8. The predicted molar refractivity (Wildman–Crippen MR) is 267 cm³/mol. The van der Waals surface area contributed by atoms with Crippen molar-refractivity contribution in [2.24, 2.45) is 5.41 Å². The first-order valence-electron chi connectivity index (χ1n) is 27.0. The molecule has 2 unspecified atom stereocenters. The monoisotopic (exact) mass is 849 g/mol. The van der Waals surface area contributed by atoms with Crippen LogP contribution in [0.2, 0.25) is 0 Å². The highest BCUT2D eigenvalue weighted by Gasteiger charge is 2.38. The fourth-order valence-electron chi connectivity index (χ4n) is 9.62. The van der Waals surface area contributed by atoms with Crippen LogP contribution in [-0.2, 0) is 9.47 Å². The molecule has 0 rings (SSSR count). The van der Waals surface area contributed by atoms with Gasteiger partial charge in [-0.05, 0) is 78.1 Å². The number of nitrogens with one attached hydrogen (secondary N) is 2. The largest absolute Gasteiger partial charge is 0.379 e. The van der Waals surface area contributed by atoms with Crippen molar-refractivity contribution in [3.05, 3.63) is 0 Å². The Morgan fingerprint density at radius 3 is 1.15 bits per heavy atom. The lowest BCUT2D eigenvalue weighted by Crippen LogP contribution is -2.54. The average Bonchev–Trinajstić information content (AvgIpc) is 3.20. The standard InChI is InChI=1S/C55H112N2O3/c1-12-16-18-20-22-24-26-28-30-32-34-36-38-40-42-44-50(45-43-41-39-37-35-33-31-29-27-25-23-21-19-17-13-2)56-51(58)57-54(9,14-3)48-52(5,6)49-55(10,15-4)60-47-46-53(7,8)59-11/h50H,12-49H2,1-11H3,(H2,56,57,58). The van der Waals surface area contributed by atoms with Crippen LogP contribution in [0.5, 0.6) is 0 Å². The van der Waals surface area contributed by atoms with E-state index < -0.39 is 0 Å². The first-order valence-corrected chi connectivity index (χ1v) is 27.0. The fraction of sp³-hybridized carbons (Fsp3) is 0.982. The minimum Gasteiger partial charge on any atom is -0.379 e. The summed E-state index contributed by atoms with van der Waals surface area (Å²) < 4.78 is 12.2. The molecule has 5 heteroatoms. The van der Waals surface area contributed by atoms with E-state index in [1.54, 1.807) is 7.11 Å². The summed E-state index contributed by atoms with van der Waals surface area (Å²) in [6.07, 6.45) is 48.4. The second kappa shape index (κ2) is 37.6. The molecule has 0 fully saturated rings. The molecule has 0 heterocycles. The summed E-state index contributed by atoms with van der Waals surface area (Å²) in [6, 6.07) is 0.287. The molecule has 0 bridgehead atoms. The molecule has 0 aromatic rings. The Labute approximate surface area is 378 Å². The molecule has 0 aliphatic heterocycles. The summed E-state index contributed by atoms with van der Waals surface area (Å²) in [5, 5.41) is 7.02. The van der Waals surface area contributed by atoms with E-state index in [1.165, 1.54) is 193 Å². The first kappa shape index (κ1) is 59.2. The Bertz CT molecular complexity index is 918. The maximum atomic E-state index is 13.8. The van der Waals surface area contributed by atoms with Crippen LogP contribution in [-0.4, -0.2) is 42.5 Å². The number of unbranched alkanes of at least 4 members (excludes halogenated alkanes) is 28. The van der Waals surface area contributed by atoms with E-state index >= 15 is 0 Å². The summed E-state index contributed by atoms with van der Waals surface area (Å²) in [5.74, 6) is 0. The third kappa shape index (κ3) is 35.6. The van der Waals surface area contributed by atoms with Gasteiger partial charge in [0.1, 0.15) is 0 Å². The molecule has 0 aliphatic carbocycles. The highest BCUT2D eigenvalue weighted by atomic mass is 16.5. The van der Waals surface area contributed by atoms with Crippen LogP contribution in [0.1, 0.15) is 307 Å². The molecule has 5 nitrogen and oxygen atoms in total. The highest BCUT2D eigenvalue weighted by Crippen LogP contribution is 2.40. The SMILES string of the molecule is CCCCCCCCCCCCCCCCCC(CCCCCCCCCCCCCCCCC)NC(=O)NC(C)(CC)CC(C)(C)CC(C)(CC)OCCC(C)(C)OC. The quantitative estimate of drug-likeness (QED) is 0.0600. The molecule has 2 N–H and O–H groups in total. The molecule has 0 aliphatic rings. The zero-order valence-electron chi connectivity index (χ0n) is 43.2. The molecule has 60 heavy (non-hydrogen) atoms. The first-order chi connectivity index (χ1) is 28.7. The van der Waals surface area contributed by atoms with Gasteiger partial charge in [0.25, 0.3) is 0 Å². The second-order valence-electron chi connectivity index (χ2n) is 21.6. The summed E-state index contributed by atoms with van der Waals surface area (Å²) >= 11 is 0. The molecule has 0 spiro atoms. The van der Waals surface area contributed by atoms with Gasteiger partial charge in [-0.2, -0.15) is 0 Å². The topological polar surface area (TPSA) is 59.6 Å². The van der Waals surface area contributed by atoms with Gasteiger partial charge in [0, 0.05) is 18.7 Å². The van der Waals surface area contributed by atoms with Gasteiger partial charge in [0.2, 0.25) is 0 Å². The normalized spacial score (nSPS) is 14.4. The Kier molecular flexibility index (Phi) is 37.0. The van der Waals surface area contributed by atoms with Gasteiger partial charge < -0.3 is 20.1 Å². The lowest BCUT2D eigenvalue weighted by Gasteiger charge is -2.43. The molecule has 0 aromatic heterocycles. The number of rotatable bonds is 45. The highest BCUT2D eigenvalue weighted by molar-refractivity contribution is 5.75. The number of carbonyl (C=O) groups excluding carboxylic acids is 1.